The Hall–Kier alpha value is -0.980. The fourth-order valence-corrected chi connectivity index (χ4v) is 0.773. The van der Waals surface area contributed by atoms with Crippen LogP contribution < -0.4 is 0 Å². The Labute approximate surface area is 117 Å². The second kappa shape index (κ2) is 7.33. The molecule has 0 spiro atoms. The molecule has 0 saturated heterocycles. The van der Waals surface area contributed by atoms with E-state index in [2.05, 4.69) is 0 Å². The number of hydrogen-bond acceptors (Lipinski definition) is 1. The van der Waals surface area contributed by atoms with E-state index in [9.17, 15) is 5.11 Å². The van der Waals surface area contributed by atoms with Crippen molar-refractivity contribution in [3.63, 3.8) is 0 Å². The number of benzene rings is 1. The van der Waals surface area contributed by atoms with E-state index in [1.165, 1.54) is 0 Å². The predicted octanol–water partition coefficient (Wildman–Crippen LogP) is 4.30. The molecule has 0 fully saturated rings. The fraction of sp³-hybridized carbons (Fsp3) is 0.571. The molecule has 0 aliphatic heterocycles. The highest BCUT2D eigenvalue weighted by molar-refractivity contribution is 5.25. The van der Waals surface area contributed by atoms with E-state index in [1.807, 2.05) is 0 Å². The maximum Gasteiger partial charge on any atom is 0.115 e. The first-order chi connectivity index (χ1) is 13.7. The molecule has 0 amide bonds. The van der Waals surface area contributed by atoms with Crippen LogP contribution in [0, 0.1) is 0 Å². The van der Waals surface area contributed by atoms with E-state index < -0.39 is 57.0 Å². The summed E-state index contributed by atoms with van der Waals surface area (Å²) in [5.41, 5.74) is -0.554. The van der Waals surface area contributed by atoms with Gasteiger partial charge in [0.2, 0.25) is 0 Å². The minimum atomic E-state index is -4.31. The van der Waals surface area contributed by atoms with Crippen molar-refractivity contribution in [2.75, 3.05) is 0 Å². The molecule has 1 heteroatoms. The van der Waals surface area contributed by atoms with Crippen LogP contribution in [0.5, 0.6) is 5.75 Å². The third-order valence-electron chi connectivity index (χ3n) is 1.39. The Morgan fingerprint density at radius 1 is 1.07 bits per heavy atom. The molecule has 0 aliphatic rings. The number of rotatable bonds is 7. The summed E-state index contributed by atoms with van der Waals surface area (Å²) in [4.78, 5) is 0. The lowest BCUT2D eigenvalue weighted by Crippen LogP contribution is -1.85. The van der Waals surface area contributed by atoms with Crippen LogP contribution in [0.1, 0.15) is 74.0 Å². The lowest BCUT2D eigenvalue weighted by atomic mass is 10.1. The summed E-state index contributed by atoms with van der Waals surface area (Å²) in [6, 6.07) is 3.69. The van der Waals surface area contributed by atoms with E-state index >= 15 is 0 Å². The molecule has 0 heterocycles. The number of aryl methyl sites for hydroxylation is 1. The largest absolute Gasteiger partial charge is 0.508 e. The Morgan fingerprint density at radius 2 is 1.73 bits per heavy atom. The normalized spacial score (nSPS) is 34.8. The lowest BCUT2D eigenvalue weighted by molar-refractivity contribution is 0.475. The van der Waals surface area contributed by atoms with Crippen LogP contribution in [0.4, 0.5) is 0 Å². The SMILES string of the molecule is [2H]C([2H])([2H])C([2H])([2H])C([2H])([2H])C([2H])([2H])C([2H])([2H])C([2H])([2H])C([2H])([2H])C([2H])([2H])c1ccc(O)cc1. The molecule has 0 bridgehead atoms. The Bertz CT molecular complexity index is 821. The van der Waals surface area contributed by atoms with Crippen molar-refractivity contribution in [3.05, 3.63) is 29.8 Å². The van der Waals surface area contributed by atoms with Crippen LogP contribution in [-0.2, 0) is 6.37 Å². The number of phenols is 1. The van der Waals surface area contributed by atoms with Gasteiger partial charge in [-0.25, -0.2) is 0 Å². The van der Waals surface area contributed by atoms with E-state index in [0.29, 0.717) is 0 Å². The summed E-state index contributed by atoms with van der Waals surface area (Å²) in [6.07, 6.45) is -28.3. The molecule has 0 aromatic heterocycles. The second-order valence-corrected chi connectivity index (χ2v) is 2.42. The number of phenolic OH excluding ortho intramolecular Hbond substituents is 1. The van der Waals surface area contributed by atoms with Gasteiger partial charge in [-0.05, 0) is 30.4 Å². The molecule has 0 radical (unpaired) electrons. The zero-order valence-corrected chi connectivity index (χ0v) is 7.76. The van der Waals surface area contributed by atoms with Crippen molar-refractivity contribution < 1.29 is 28.4 Å². The molecule has 0 aliphatic carbocycles. The first-order valence-electron chi connectivity index (χ1n) is 12.5. The number of hydrogen-bond donors (Lipinski definition) is 1. The van der Waals surface area contributed by atoms with Crippen LogP contribution in [0.2, 0.25) is 0 Å². The Balaban J connectivity index is 3.70. The monoisotopic (exact) mass is 223 g/mol. The van der Waals surface area contributed by atoms with Crippen LogP contribution >= 0.6 is 0 Å². The molecular weight excluding hydrogens is 184 g/mol. The van der Waals surface area contributed by atoms with Crippen molar-refractivity contribution in [2.24, 2.45) is 0 Å². The standard InChI is InChI=1S/C14H22O/c1-2-3-4-5-6-7-8-13-9-11-14(15)12-10-13/h9-12,15H,2-8H2,1H3/i1D3,2D2,3D2,4D2,5D2,6D2,7D2,8D2. The molecular formula is C14H22O. The number of aromatic hydroxyl groups is 1. The van der Waals surface area contributed by atoms with Gasteiger partial charge in [-0.2, -0.15) is 0 Å². The van der Waals surface area contributed by atoms with Gasteiger partial charge in [-0.15, -0.1) is 0 Å². The summed E-state index contributed by atoms with van der Waals surface area (Å²) in [5, 5.41) is 9.33. The molecule has 1 N–H and O–H groups in total. The van der Waals surface area contributed by atoms with Crippen LogP contribution in [0.25, 0.3) is 0 Å². The molecule has 84 valence electrons. The Kier molecular flexibility index (Phi) is 1.21. The van der Waals surface area contributed by atoms with Crippen LogP contribution in [-0.4, -0.2) is 5.11 Å². The van der Waals surface area contributed by atoms with E-state index in [1.54, 1.807) is 0 Å². The van der Waals surface area contributed by atoms with Gasteiger partial charge in [0.05, 0.1) is 0 Å². The molecule has 15 heavy (non-hydrogen) atoms. The van der Waals surface area contributed by atoms with Gasteiger partial charge >= 0.3 is 0 Å². The summed E-state index contributed by atoms with van der Waals surface area (Å²) in [7, 11) is 0. The third kappa shape index (κ3) is 5.46. The van der Waals surface area contributed by atoms with Gasteiger partial charge < -0.3 is 5.11 Å². The molecule has 0 saturated carbocycles. The van der Waals surface area contributed by atoms with Crippen molar-refractivity contribution in [3.8, 4) is 5.75 Å². The molecule has 0 unspecified atom stereocenters. The summed E-state index contributed by atoms with van der Waals surface area (Å²) < 4.78 is 132. The van der Waals surface area contributed by atoms with E-state index in [0.717, 1.165) is 24.3 Å². The minimum absolute atomic E-state index is 0.333. The van der Waals surface area contributed by atoms with E-state index in [-0.39, 0.29) is 5.75 Å². The van der Waals surface area contributed by atoms with Gasteiger partial charge in [0.1, 0.15) is 5.75 Å². The topological polar surface area (TPSA) is 20.2 Å². The minimum Gasteiger partial charge on any atom is -0.508 e. The zero-order chi connectivity index (χ0) is 26.0. The van der Waals surface area contributed by atoms with Gasteiger partial charge in [0, 0.05) is 23.3 Å². The molecule has 1 rings (SSSR count). The van der Waals surface area contributed by atoms with Gasteiger partial charge in [0.25, 0.3) is 0 Å². The second-order valence-electron chi connectivity index (χ2n) is 2.42. The van der Waals surface area contributed by atoms with Crippen LogP contribution in [0.15, 0.2) is 24.3 Å². The predicted molar refractivity (Wildman–Crippen MR) is 65.2 cm³/mol. The highest BCUT2D eigenvalue weighted by atomic mass is 16.3. The smallest absolute Gasteiger partial charge is 0.115 e. The third-order valence-corrected chi connectivity index (χ3v) is 1.39. The summed E-state index contributed by atoms with van der Waals surface area (Å²) in [5.74, 6) is -0.333. The molecule has 1 aromatic carbocycles. The van der Waals surface area contributed by atoms with Crippen molar-refractivity contribution in [1.29, 1.82) is 0 Å². The first-order valence-corrected chi connectivity index (χ1v) is 4.04. The molecule has 1 nitrogen and oxygen atoms in total. The molecule has 0 atom stereocenters. The van der Waals surface area contributed by atoms with Crippen molar-refractivity contribution in [1.82, 2.24) is 0 Å². The highest BCUT2D eigenvalue weighted by Gasteiger charge is 1.94. The average Bonchev–Trinajstić information content (AvgIpc) is 2.60. The highest BCUT2D eigenvalue weighted by Crippen LogP contribution is 2.13. The summed E-state index contributed by atoms with van der Waals surface area (Å²) in [6.45, 7) is -3.80. The average molecular weight is 223 g/mol. The lowest BCUT2D eigenvalue weighted by Gasteiger charge is -2.02. The van der Waals surface area contributed by atoms with Gasteiger partial charge in [0.15, 0.2) is 0 Å². The quantitative estimate of drug-likeness (QED) is 0.731. The van der Waals surface area contributed by atoms with Gasteiger partial charge in [-0.1, -0.05) is 50.8 Å². The zero-order valence-electron chi connectivity index (χ0n) is 24.8. The first kappa shape index (κ1) is 2.47. The molecule has 1 aromatic rings. The van der Waals surface area contributed by atoms with Crippen molar-refractivity contribution >= 4 is 0 Å². The fourth-order valence-electron chi connectivity index (χ4n) is 0.773. The van der Waals surface area contributed by atoms with Crippen molar-refractivity contribution in [2.45, 2.75) is 51.5 Å². The van der Waals surface area contributed by atoms with Crippen LogP contribution in [0.3, 0.4) is 0 Å². The maximum absolute atomic E-state index is 9.33. The Morgan fingerprint density at radius 3 is 2.47 bits per heavy atom. The maximum atomic E-state index is 9.33. The van der Waals surface area contributed by atoms with Gasteiger partial charge in [-0.3, -0.25) is 0 Å². The summed E-state index contributed by atoms with van der Waals surface area (Å²) >= 11 is 0. The van der Waals surface area contributed by atoms with E-state index in [4.69, 9.17) is 23.3 Å².